The van der Waals surface area contributed by atoms with Gasteiger partial charge in [-0.2, -0.15) is 0 Å². The molecule has 0 aromatic heterocycles. The van der Waals surface area contributed by atoms with Crippen LogP contribution in [-0.4, -0.2) is 39.9 Å². The molecule has 0 saturated heterocycles. The first-order valence-electron chi connectivity index (χ1n) is 8.78. The fourth-order valence-electron chi connectivity index (χ4n) is 3.30. The molecule has 5 heteroatoms. The minimum absolute atomic E-state index is 0.205. The number of ether oxygens (including phenoxy) is 3. The lowest BCUT2D eigenvalue weighted by molar-refractivity contribution is -0.144. The Morgan fingerprint density at radius 2 is 1.92 bits per heavy atom. The van der Waals surface area contributed by atoms with Gasteiger partial charge in [0.25, 0.3) is 0 Å². The van der Waals surface area contributed by atoms with Gasteiger partial charge in [0.1, 0.15) is 0 Å². The Kier molecular flexibility index (Phi) is 7.37. The second-order valence-corrected chi connectivity index (χ2v) is 6.23. The van der Waals surface area contributed by atoms with Crippen molar-refractivity contribution in [2.24, 2.45) is 5.92 Å². The van der Waals surface area contributed by atoms with Crippen molar-refractivity contribution in [3.63, 3.8) is 0 Å². The highest BCUT2D eigenvalue weighted by atomic mass is 16.5. The molecule has 1 saturated carbocycles. The van der Waals surface area contributed by atoms with Gasteiger partial charge in [-0.1, -0.05) is 18.9 Å². The molecule has 24 heavy (non-hydrogen) atoms. The van der Waals surface area contributed by atoms with Gasteiger partial charge in [0, 0.05) is 6.54 Å². The van der Waals surface area contributed by atoms with Crippen LogP contribution in [0.1, 0.15) is 44.1 Å². The predicted octanol–water partition coefficient (Wildman–Crippen LogP) is 3.13. The Morgan fingerprint density at radius 3 is 2.54 bits per heavy atom. The molecule has 1 aliphatic rings. The third-order valence-electron chi connectivity index (χ3n) is 4.64. The number of carbonyl (C=O) groups excluding carboxylic acids is 1. The summed E-state index contributed by atoms with van der Waals surface area (Å²) in [7, 11) is 3.20. The highest BCUT2D eigenvalue weighted by Crippen LogP contribution is 2.31. The minimum atomic E-state index is -0.342. The lowest BCUT2D eigenvalue weighted by Gasteiger charge is -2.19. The van der Waals surface area contributed by atoms with Crippen molar-refractivity contribution in [2.45, 2.75) is 38.5 Å². The summed E-state index contributed by atoms with van der Waals surface area (Å²) in [5, 5.41) is 3.46. The highest BCUT2D eigenvalue weighted by Gasteiger charge is 2.24. The summed E-state index contributed by atoms with van der Waals surface area (Å²) in [6, 6.07) is 5.59. The van der Waals surface area contributed by atoms with Crippen LogP contribution in [0.2, 0.25) is 0 Å². The van der Waals surface area contributed by atoms with E-state index in [1.165, 1.54) is 25.7 Å². The maximum atomic E-state index is 12.4. The molecule has 1 fully saturated rings. The smallest absolute Gasteiger partial charge is 0.314 e. The summed E-state index contributed by atoms with van der Waals surface area (Å²) in [5.41, 5.74) is 0.880. The molecule has 0 radical (unpaired) electrons. The van der Waals surface area contributed by atoms with Crippen molar-refractivity contribution in [3.8, 4) is 11.5 Å². The van der Waals surface area contributed by atoms with Gasteiger partial charge < -0.3 is 19.5 Å². The van der Waals surface area contributed by atoms with Crippen molar-refractivity contribution in [2.75, 3.05) is 33.9 Å². The highest BCUT2D eigenvalue weighted by molar-refractivity contribution is 5.78. The lowest BCUT2D eigenvalue weighted by Crippen LogP contribution is -2.31. The Hall–Kier alpha value is -1.75. The van der Waals surface area contributed by atoms with Crippen molar-refractivity contribution in [1.82, 2.24) is 5.32 Å². The van der Waals surface area contributed by atoms with Crippen LogP contribution in [-0.2, 0) is 9.53 Å². The molecule has 0 aliphatic heterocycles. The number of methoxy groups -OCH3 is 2. The van der Waals surface area contributed by atoms with Crippen LogP contribution in [0.25, 0.3) is 0 Å². The number of hydrogen-bond acceptors (Lipinski definition) is 5. The van der Waals surface area contributed by atoms with Gasteiger partial charge in [0.05, 0.1) is 26.7 Å². The van der Waals surface area contributed by atoms with E-state index in [2.05, 4.69) is 5.32 Å². The summed E-state index contributed by atoms with van der Waals surface area (Å²) in [6.07, 6.45) is 5.22. The van der Waals surface area contributed by atoms with Gasteiger partial charge in [0.15, 0.2) is 11.5 Å². The molecule has 1 atom stereocenters. The van der Waals surface area contributed by atoms with E-state index in [4.69, 9.17) is 14.2 Å². The molecule has 1 aromatic rings. The fraction of sp³-hybridized carbons (Fsp3) is 0.632. The van der Waals surface area contributed by atoms with E-state index in [-0.39, 0.29) is 11.9 Å². The monoisotopic (exact) mass is 335 g/mol. The van der Waals surface area contributed by atoms with E-state index in [1.807, 2.05) is 25.1 Å². The first-order valence-corrected chi connectivity index (χ1v) is 8.78. The second kappa shape index (κ2) is 9.52. The maximum Gasteiger partial charge on any atom is 0.314 e. The first-order chi connectivity index (χ1) is 11.7. The SMILES string of the molecule is CCOC(=O)C(CNCC1CCCC1)c1ccc(OC)c(OC)c1. The van der Waals surface area contributed by atoms with Gasteiger partial charge in [-0.25, -0.2) is 0 Å². The van der Waals surface area contributed by atoms with Crippen LogP contribution in [0.15, 0.2) is 18.2 Å². The number of rotatable bonds is 9. The molecule has 0 amide bonds. The number of hydrogen-bond donors (Lipinski definition) is 1. The minimum Gasteiger partial charge on any atom is -0.493 e. The summed E-state index contributed by atoms with van der Waals surface area (Å²) in [4.78, 5) is 12.4. The zero-order valence-electron chi connectivity index (χ0n) is 15.0. The van der Waals surface area contributed by atoms with Crippen molar-refractivity contribution in [3.05, 3.63) is 23.8 Å². The third-order valence-corrected chi connectivity index (χ3v) is 4.64. The van der Waals surface area contributed by atoms with E-state index in [0.29, 0.717) is 24.7 Å². The number of esters is 1. The van der Waals surface area contributed by atoms with Crippen molar-refractivity contribution < 1.29 is 19.0 Å². The van der Waals surface area contributed by atoms with Crippen LogP contribution >= 0.6 is 0 Å². The van der Waals surface area contributed by atoms with E-state index in [1.54, 1.807) is 14.2 Å². The Balaban J connectivity index is 2.08. The van der Waals surface area contributed by atoms with Gasteiger partial charge in [-0.3, -0.25) is 4.79 Å². The fourth-order valence-corrected chi connectivity index (χ4v) is 3.30. The summed E-state index contributed by atoms with van der Waals surface area (Å²) < 4.78 is 15.9. The quantitative estimate of drug-likeness (QED) is 0.703. The van der Waals surface area contributed by atoms with E-state index in [9.17, 15) is 4.79 Å². The van der Waals surface area contributed by atoms with Crippen molar-refractivity contribution >= 4 is 5.97 Å². The normalized spacial score (nSPS) is 16.0. The molecule has 1 aliphatic carbocycles. The topological polar surface area (TPSA) is 56.8 Å². The Labute approximate surface area is 144 Å². The van der Waals surface area contributed by atoms with Crippen LogP contribution in [0.5, 0.6) is 11.5 Å². The predicted molar refractivity (Wildman–Crippen MR) is 93.7 cm³/mol. The van der Waals surface area contributed by atoms with Crippen LogP contribution in [0.4, 0.5) is 0 Å². The first kappa shape index (κ1) is 18.6. The molecular formula is C19H29NO4. The van der Waals surface area contributed by atoms with Gasteiger partial charge >= 0.3 is 5.97 Å². The van der Waals surface area contributed by atoms with E-state index >= 15 is 0 Å². The standard InChI is InChI=1S/C19H29NO4/c1-4-24-19(21)16(13-20-12-14-7-5-6-8-14)15-9-10-17(22-2)18(11-15)23-3/h9-11,14,16,20H,4-8,12-13H2,1-3H3. The molecule has 134 valence electrons. The van der Waals surface area contributed by atoms with Gasteiger partial charge in [-0.05, 0) is 49.9 Å². The Bertz CT molecular complexity index is 526. The second-order valence-electron chi connectivity index (χ2n) is 6.23. The van der Waals surface area contributed by atoms with Gasteiger partial charge in [-0.15, -0.1) is 0 Å². The number of carbonyl (C=O) groups is 1. The van der Waals surface area contributed by atoms with E-state index in [0.717, 1.165) is 18.0 Å². The summed E-state index contributed by atoms with van der Waals surface area (Å²) in [5.74, 6) is 1.47. The maximum absolute atomic E-state index is 12.4. The van der Waals surface area contributed by atoms with Crippen LogP contribution < -0.4 is 14.8 Å². The largest absolute Gasteiger partial charge is 0.493 e. The molecule has 0 heterocycles. The number of benzene rings is 1. The molecule has 1 N–H and O–H groups in total. The Morgan fingerprint density at radius 1 is 1.21 bits per heavy atom. The summed E-state index contributed by atoms with van der Waals surface area (Å²) in [6.45, 7) is 3.74. The lowest BCUT2D eigenvalue weighted by atomic mass is 9.98. The van der Waals surface area contributed by atoms with Crippen LogP contribution in [0, 0.1) is 5.92 Å². The average molecular weight is 335 g/mol. The molecule has 0 spiro atoms. The summed E-state index contributed by atoms with van der Waals surface area (Å²) >= 11 is 0. The van der Waals surface area contributed by atoms with Gasteiger partial charge in [0.2, 0.25) is 0 Å². The molecular weight excluding hydrogens is 306 g/mol. The molecule has 0 bridgehead atoms. The number of nitrogens with one attached hydrogen (secondary N) is 1. The molecule has 5 nitrogen and oxygen atoms in total. The zero-order valence-corrected chi connectivity index (χ0v) is 15.0. The van der Waals surface area contributed by atoms with Crippen LogP contribution in [0.3, 0.4) is 0 Å². The molecule has 1 aromatic carbocycles. The molecule has 1 unspecified atom stereocenters. The zero-order chi connectivity index (χ0) is 17.4. The molecule has 2 rings (SSSR count). The van der Waals surface area contributed by atoms with Crippen molar-refractivity contribution in [1.29, 1.82) is 0 Å². The average Bonchev–Trinajstić information content (AvgIpc) is 3.11. The third kappa shape index (κ3) is 4.87. The van der Waals surface area contributed by atoms with E-state index < -0.39 is 0 Å².